The number of nitriles is 1. The summed E-state index contributed by atoms with van der Waals surface area (Å²) in [6.07, 6.45) is 3.15. The Labute approximate surface area is 142 Å². The van der Waals surface area contributed by atoms with Crippen molar-refractivity contribution in [1.29, 1.82) is 5.26 Å². The van der Waals surface area contributed by atoms with Gasteiger partial charge in [0.25, 0.3) is 0 Å². The summed E-state index contributed by atoms with van der Waals surface area (Å²) in [5.41, 5.74) is 5.55. The van der Waals surface area contributed by atoms with Gasteiger partial charge in [-0.25, -0.2) is 0 Å². The Morgan fingerprint density at radius 1 is 1.50 bits per heavy atom. The molecule has 1 aliphatic heterocycles. The van der Waals surface area contributed by atoms with Gasteiger partial charge in [0.2, 0.25) is 5.91 Å². The molecule has 2 N–H and O–H groups in total. The number of pyridine rings is 1. The molecule has 1 aromatic rings. The van der Waals surface area contributed by atoms with Crippen LogP contribution in [0.2, 0.25) is 0 Å². The molecule has 2 fully saturated rings. The maximum atomic E-state index is 12.6. The number of hydrogen-bond donors (Lipinski definition) is 1. The summed E-state index contributed by atoms with van der Waals surface area (Å²) in [7, 11) is 0. The van der Waals surface area contributed by atoms with Crippen molar-refractivity contribution in [3.63, 3.8) is 0 Å². The van der Waals surface area contributed by atoms with Gasteiger partial charge in [-0.05, 0) is 12.8 Å². The molecule has 0 aromatic carbocycles. The fourth-order valence-corrected chi connectivity index (χ4v) is 2.61. The maximum absolute atomic E-state index is 12.6. The molecule has 0 bridgehead atoms. The minimum Gasteiger partial charge on any atom is -0.418 e. The Hall–Kier alpha value is -1.03. The molecule has 1 amide bonds. The predicted molar refractivity (Wildman–Crippen MR) is 69.0 cm³/mol. The quantitative estimate of drug-likeness (QED) is 0.610. The summed E-state index contributed by atoms with van der Waals surface area (Å²) in [6.45, 7) is 1.55. The maximum Gasteiger partial charge on any atom is 0.237 e. The number of nitrogen functional groups attached to an aromatic ring is 1. The van der Waals surface area contributed by atoms with E-state index in [2.05, 4.69) is 17.1 Å². The molecule has 101 valence electrons. The number of aromatic nitrogens is 1. The van der Waals surface area contributed by atoms with Crippen LogP contribution < -0.4 is 10.6 Å². The molecule has 0 unspecified atom stereocenters. The van der Waals surface area contributed by atoms with Crippen LogP contribution in [0.1, 0.15) is 12.8 Å². The van der Waals surface area contributed by atoms with Crippen LogP contribution in [0.4, 0.5) is 11.5 Å². The van der Waals surface area contributed by atoms with Crippen molar-refractivity contribution >= 4 is 17.4 Å². The smallest absolute Gasteiger partial charge is 0.237 e. The van der Waals surface area contributed by atoms with Crippen LogP contribution in [0.3, 0.4) is 0 Å². The van der Waals surface area contributed by atoms with Gasteiger partial charge in [0, 0.05) is 51.6 Å². The molecule has 2 aliphatic rings. The summed E-state index contributed by atoms with van der Waals surface area (Å²) in [5, 5.41) is 8.83. The van der Waals surface area contributed by atoms with E-state index in [-0.39, 0.29) is 38.6 Å². The Morgan fingerprint density at radius 2 is 2.25 bits per heavy atom. The van der Waals surface area contributed by atoms with E-state index in [1.165, 1.54) is 6.20 Å². The van der Waals surface area contributed by atoms with E-state index in [0.29, 0.717) is 31.1 Å². The van der Waals surface area contributed by atoms with Gasteiger partial charge in [-0.1, -0.05) is 11.9 Å². The van der Waals surface area contributed by atoms with Gasteiger partial charge < -0.3 is 15.6 Å². The van der Waals surface area contributed by atoms with Crippen LogP contribution in [-0.4, -0.2) is 41.0 Å². The number of amides is 1. The molecule has 1 spiro atoms. The monoisotopic (exact) mass is 345 g/mol. The zero-order chi connectivity index (χ0) is 13.5. The number of anilines is 2. The summed E-state index contributed by atoms with van der Waals surface area (Å²) >= 11 is 0. The molecule has 1 radical (unpaired) electrons. The van der Waals surface area contributed by atoms with Crippen molar-refractivity contribution in [3.8, 4) is 6.07 Å². The number of carbonyl (C=O) groups is 1. The molecule has 1 aliphatic carbocycles. The fraction of sp³-hybridized carbons (Fsp3) is 0.462. The number of piperazine rings is 1. The Kier molecular flexibility index (Phi) is 4.43. The van der Waals surface area contributed by atoms with Crippen LogP contribution in [0.25, 0.3) is 0 Å². The van der Waals surface area contributed by atoms with Crippen molar-refractivity contribution < 1.29 is 37.5 Å². The third kappa shape index (κ3) is 2.46. The van der Waals surface area contributed by atoms with Crippen molar-refractivity contribution in [1.82, 2.24) is 9.88 Å². The summed E-state index contributed by atoms with van der Waals surface area (Å²) in [4.78, 5) is 20.4. The first-order chi connectivity index (χ1) is 9.17. The van der Waals surface area contributed by atoms with Crippen LogP contribution in [-0.2, 0) is 37.5 Å². The predicted octanol–water partition coefficient (Wildman–Crippen LogP) is 0.166. The van der Waals surface area contributed by atoms with Gasteiger partial charge in [-0.3, -0.25) is 9.69 Å². The Morgan fingerprint density at radius 3 is 2.80 bits per heavy atom. The third-order valence-corrected chi connectivity index (χ3v) is 3.81. The molecule has 2 heterocycles. The molecule has 7 heteroatoms. The van der Waals surface area contributed by atoms with Gasteiger partial charge in [-0.2, -0.15) is 11.3 Å². The zero-order valence-electron chi connectivity index (χ0n) is 11.0. The number of carbonyl (C=O) groups excluding carboxylic acids is 1. The van der Waals surface area contributed by atoms with E-state index in [0.717, 1.165) is 12.8 Å². The molecule has 1 saturated heterocycles. The Bertz CT molecular complexity index is 549. The third-order valence-electron chi connectivity index (χ3n) is 3.81. The standard InChI is InChI=1S/C13H14N5O.Y/c14-5-6-17-7-8-18(12(19)13(17)3-4-13)11-2-1-10(15)9-16-11;/h2,9H,3-4,6-8,15H2;/q-1;. The van der Waals surface area contributed by atoms with Gasteiger partial charge in [0.1, 0.15) is 5.54 Å². The molecule has 20 heavy (non-hydrogen) atoms. The number of rotatable bonds is 2. The molecule has 1 saturated carbocycles. The van der Waals surface area contributed by atoms with Crippen molar-refractivity contribution in [2.75, 3.05) is 30.3 Å². The van der Waals surface area contributed by atoms with Crippen LogP contribution in [0.5, 0.6) is 0 Å². The average Bonchev–Trinajstić information content (AvgIpc) is 3.19. The van der Waals surface area contributed by atoms with Crippen molar-refractivity contribution in [3.05, 3.63) is 18.3 Å². The largest absolute Gasteiger partial charge is 0.418 e. The second-order valence-electron chi connectivity index (χ2n) is 4.93. The van der Waals surface area contributed by atoms with Gasteiger partial charge in [-0.15, -0.1) is 6.07 Å². The first kappa shape index (κ1) is 15.4. The molecular formula is C13H14N5OY-. The normalized spacial score (nSPS) is 20.4. The fourth-order valence-electron chi connectivity index (χ4n) is 2.61. The van der Waals surface area contributed by atoms with E-state index in [9.17, 15) is 4.79 Å². The molecule has 3 rings (SSSR count). The van der Waals surface area contributed by atoms with Crippen LogP contribution in [0, 0.1) is 17.4 Å². The Balaban J connectivity index is 0.00000147. The number of nitrogens with zero attached hydrogens (tertiary/aromatic N) is 4. The first-order valence-corrected chi connectivity index (χ1v) is 6.24. The SMILES string of the molecule is N#CCN1CCN(c2c[c-]c(N)cn2)C(=O)C12CC2.[Y]. The van der Waals surface area contributed by atoms with E-state index in [1.807, 2.05) is 4.90 Å². The molecule has 0 atom stereocenters. The van der Waals surface area contributed by atoms with Gasteiger partial charge in [0.15, 0.2) is 0 Å². The van der Waals surface area contributed by atoms with Gasteiger partial charge >= 0.3 is 0 Å². The average molecular weight is 345 g/mol. The topological polar surface area (TPSA) is 86.2 Å². The molecule has 6 nitrogen and oxygen atoms in total. The van der Waals surface area contributed by atoms with Crippen molar-refractivity contribution in [2.24, 2.45) is 0 Å². The van der Waals surface area contributed by atoms with Crippen LogP contribution >= 0.6 is 0 Å². The minimum absolute atomic E-state index is 0. The summed E-state index contributed by atoms with van der Waals surface area (Å²) in [5.74, 6) is 0.627. The van der Waals surface area contributed by atoms with Crippen LogP contribution in [0.15, 0.2) is 12.3 Å². The zero-order valence-corrected chi connectivity index (χ0v) is 13.9. The number of hydrogen-bond acceptors (Lipinski definition) is 5. The summed E-state index contributed by atoms with van der Waals surface area (Å²) in [6, 6.07) is 6.63. The second-order valence-corrected chi connectivity index (χ2v) is 4.93. The molecular weight excluding hydrogens is 331 g/mol. The number of nitrogens with two attached hydrogens (primary N) is 1. The second kappa shape index (κ2) is 5.76. The molecule has 1 aromatic heterocycles. The summed E-state index contributed by atoms with van der Waals surface area (Å²) < 4.78 is 0. The van der Waals surface area contributed by atoms with E-state index in [4.69, 9.17) is 11.0 Å². The van der Waals surface area contributed by atoms with Gasteiger partial charge in [0.05, 0.1) is 12.6 Å². The van der Waals surface area contributed by atoms with E-state index < -0.39 is 5.54 Å². The van der Waals surface area contributed by atoms with Crippen molar-refractivity contribution in [2.45, 2.75) is 18.4 Å². The van der Waals surface area contributed by atoms with E-state index >= 15 is 0 Å². The van der Waals surface area contributed by atoms with E-state index in [1.54, 1.807) is 11.0 Å². The minimum atomic E-state index is -0.461. The first-order valence-electron chi connectivity index (χ1n) is 6.24.